The Kier molecular flexibility index (Phi) is 11.2. The lowest BCUT2D eigenvalue weighted by molar-refractivity contribution is -0.173. The van der Waals surface area contributed by atoms with E-state index in [4.69, 9.17) is 14.2 Å². The summed E-state index contributed by atoms with van der Waals surface area (Å²) in [4.78, 5) is 72.6. The molecule has 0 N–H and O–H groups in total. The van der Waals surface area contributed by atoms with Gasteiger partial charge in [-0.15, -0.1) is 0 Å². The molecule has 0 aliphatic heterocycles. The monoisotopic (exact) mass is 496 g/mol. The van der Waals surface area contributed by atoms with E-state index in [-0.39, 0.29) is 19.4 Å². The Morgan fingerprint density at radius 1 is 0.667 bits per heavy atom. The molecule has 0 atom stereocenters. The second-order valence-electron chi connectivity index (χ2n) is 7.18. The van der Waals surface area contributed by atoms with Crippen molar-refractivity contribution in [2.75, 3.05) is 13.2 Å². The molecule has 0 spiro atoms. The molecule has 2 rings (SSSR count). The van der Waals surface area contributed by atoms with E-state index in [2.05, 4.69) is 4.74 Å². The first-order valence-corrected chi connectivity index (χ1v) is 10.9. The minimum atomic E-state index is -1.93. The highest BCUT2D eigenvalue weighted by atomic mass is 16.6. The summed E-state index contributed by atoms with van der Waals surface area (Å²) in [5.41, 5.74) is 1.12. The molecule has 0 saturated heterocycles. The number of esters is 6. The van der Waals surface area contributed by atoms with Crippen molar-refractivity contribution in [3.8, 4) is 0 Å². The first-order valence-electron chi connectivity index (χ1n) is 10.9. The molecule has 0 fully saturated rings. The summed E-state index contributed by atoms with van der Waals surface area (Å²) in [6, 6.07) is 16.8. The second kappa shape index (κ2) is 14.6. The van der Waals surface area contributed by atoms with Crippen molar-refractivity contribution >= 4 is 35.8 Å². The van der Waals surface area contributed by atoms with Crippen molar-refractivity contribution in [1.82, 2.24) is 0 Å². The summed E-state index contributed by atoms with van der Waals surface area (Å²) in [7, 11) is 0. The molecule has 0 amide bonds. The third-order valence-corrected chi connectivity index (χ3v) is 4.41. The SMILES string of the molecule is CCOC(=O)/C=C/C(=O)OCC(C(=O)OC(=O)Cc1ccccc1)C(=O)OC(=O)Cc1ccccc1. The van der Waals surface area contributed by atoms with E-state index in [1.54, 1.807) is 67.6 Å². The third-order valence-electron chi connectivity index (χ3n) is 4.41. The standard InChI is InChI=1S/C26H24O10/c1-2-33-21(27)13-14-22(28)34-17-20(25(31)35-23(29)15-18-9-5-3-6-10-18)26(32)36-24(30)16-19-11-7-4-8-12-19/h3-14,20H,2,15-17H2,1H3/b14-13+. The van der Waals surface area contributed by atoms with Crippen molar-refractivity contribution in [2.24, 2.45) is 5.92 Å². The molecule has 2 aromatic rings. The van der Waals surface area contributed by atoms with Crippen LogP contribution in [0.25, 0.3) is 0 Å². The van der Waals surface area contributed by atoms with E-state index >= 15 is 0 Å². The van der Waals surface area contributed by atoms with E-state index in [1.807, 2.05) is 0 Å². The van der Waals surface area contributed by atoms with Gasteiger partial charge in [-0.25, -0.2) is 9.59 Å². The van der Waals surface area contributed by atoms with Crippen LogP contribution in [0.3, 0.4) is 0 Å². The molecule has 10 nitrogen and oxygen atoms in total. The maximum atomic E-state index is 12.6. The first kappa shape index (κ1) is 27.6. The lowest BCUT2D eigenvalue weighted by Gasteiger charge is -2.14. The second-order valence-corrected chi connectivity index (χ2v) is 7.18. The number of carbonyl (C=O) groups is 6. The molecule has 188 valence electrons. The van der Waals surface area contributed by atoms with E-state index in [0.717, 1.165) is 12.2 Å². The minimum absolute atomic E-state index is 0.0893. The molecular weight excluding hydrogens is 472 g/mol. The minimum Gasteiger partial charge on any atom is -0.463 e. The normalized spacial score (nSPS) is 10.5. The van der Waals surface area contributed by atoms with E-state index in [9.17, 15) is 28.8 Å². The summed E-state index contributed by atoms with van der Waals surface area (Å²) in [6.45, 7) is 0.761. The van der Waals surface area contributed by atoms with Crippen LogP contribution in [0.1, 0.15) is 18.1 Å². The zero-order chi connectivity index (χ0) is 26.3. The maximum absolute atomic E-state index is 12.6. The Labute approximate surface area is 206 Å². The van der Waals surface area contributed by atoms with E-state index in [0.29, 0.717) is 11.1 Å². The molecule has 0 unspecified atom stereocenters. The van der Waals surface area contributed by atoms with Crippen LogP contribution >= 0.6 is 0 Å². The lowest BCUT2D eigenvalue weighted by Crippen LogP contribution is -2.35. The van der Waals surface area contributed by atoms with Crippen LogP contribution in [0.4, 0.5) is 0 Å². The molecular formula is C26H24O10. The van der Waals surface area contributed by atoms with Crippen molar-refractivity contribution in [3.63, 3.8) is 0 Å². The molecule has 0 bridgehead atoms. The Hall–Kier alpha value is -4.60. The molecule has 0 aliphatic rings. The number of ether oxygens (including phenoxy) is 4. The first-order chi connectivity index (χ1) is 17.3. The zero-order valence-corrected chi connectivity index (χ0v) is 19.4. The van der Waals surface area contributed by atoms with Crippen LogP contribution in [0.5, 0.6) is 0 Å². The molecule has 0 saturated carbocycles. The number of carbonyl (C=O) groups excluding carboxylic acids is 6. The smallest absolute Gasteiger partial charge is 0.331 e. The van der Waals surface area contributed by atoms with Gasteiger partial charge in [0.1, 0.15) is 6.61 Å². The fraction of sp³-hybridized carbons (Fsp3) is 0.231. The molecule has 36 heavy (non-hydrogen) atoms. The van der Waals surface area contributed by atoms with Crippen LogP contribution in [0.2, 0.25) is 0 Å². The molecule has 2 aromatic carbocycles. The Bertz CT molecular complexity index is 1040. The fourth-order valence-electron chi connectivity index (χ4n) is 2.74. The maximum Gasteiger partial charge on any atom is 0.331 e. The van der Waals surface area contributed by atoms with Gasteiger partial charge in [0.2, 0.25) is 0 Å². The number of hydrogen-bond donors (Lipinski definition) is 0. The highest BCUT2D eigenvalue weighted by Gasteiger charge is 2.34. The van der Waals surface area contributed by atoms with Crippen LogP contribution in [0.15, 0.2) is 72.8 Å². The van der Waals surface area contributed by atoms with E-state index < -0.39 is 48.3 Å². The van der Waals surface area contributed by atoms with Gasteiger partial charge in [-0.2, -0.15) is 0 Å². The van der Waals surface area contributed by atoms with Gasteiger partial charge < -0.3 is 18.9 Å². The zero-order valence-electron chi connectivity index (χ0n) is 19.4. The third kappa shape index (κ3) is 10.1. The van der Waals surface area contributed by atoms with Crippen molar-refractivity contribution < 1.29 is 47.7 Å². The average molecular weight is 496 g/mol. The summed E-state index contributed by atoms with van der Waals surface area (Å²) in [5.74, 6) is -8.47. The van der Waals surface area contributed by atoms with Gasteiger partial charge in [0.15, 0.2) is 5.92 Å². The van der Waals surface area contributed by atoms with Gasteiger partial charge in [-0.1, -0.05) is 60.7 Å². The Morgan fingerprint density at radius 2 is 1.08 bits per heavy atom. The molecule has 0 aromatic heterocycles. The predicted octanol–water partition coefficient (Wildman–Crippen LogP) is 1.89. The van der Waals surface area contributed by atoms with Crippen molar-refractivity contribution in [3.05, 3.63) is 83.9 Å². The Morgan fingerprint density at radius 3 is 1.50 bits per heavy atom. The summed E-state index contributed by atoms with van der Waals surface area (Å²) in [6.07, 6.45) is 1.00. The topological polar surface area (TPSA) is 139 Å². The number of hydrogen-bond acceptors (Lipinski definition) is 10. The largest absolute Gasteiger partial charge is 0.463 e. The summed E-state index contributed by atoms with van der Waals surface area (Å²) in [5, 5.41) is 0. The fourth-order valence-corrected chi connectivity index (χ4v) is 2.74. The average Bonchev–Trinajstić information content (AvgIpc) is 2.84. The molecule has 0 heterocycles. The molecule has 10 heteroatoms. The van der Waals surface area contributed by atoms with Crippen LogP contribution in [0, 0.1) is 5.92 Å². The molecule has 0 radical (unpaired) electrons. The number of benzene rings is 2. The predicted molar refractivity (Wildman–Crippen MR) is 123 cm³/mol. The van der Waals surface area contributed by atoms with Gasteiger partial charge in [0, 0.05) is 12.2 Å². The van der Waals surface area contributed by atoms with Crippen LogP contribution in [-0.4, -0.2) is 49.0 Å². The van der Waals surface area contributed by atoms with Crippen molar-refractivity contribution in [2.45, 2.75) is 19.8 Å². The quantitative estimate of drug-likeness (QED) is 0.196. The molecule has 0 aliphatic carbocycles. The summed E-state index contributed by atoms with van der Waals surface area (Å²) >= 11 is 0. The van der Waals surface area contributed by atoms with Crippen molar-refractivity contribution in [1.29, 1.82) is 0 Å². The summed E-state index contributed by atoms with van der Waals surface area (Å²) < 4.78 is 18.9. The highest BCUT2D eigenvalue weighted by Crippen LogP contribution is 2.10. The lowest BCUT2D eigenvalue weighted by atomic mass is 10.1. The highest BCUT2D eigenvalue weighted by molar-refractivity contribution is 6.03. The number of rotatable bonds is 11. The van der Waals surface area contributed by atoms with Crippen LogP contribution in [-0.2, 0) is 60.6 Å². The van der Waals surface area contributed by atoms with Gasteiger partial charge in [-0.3, -0.25) is 19.2 Å². The van der Waals surface area contributed by atoms with Gasteiger partial charge in [-0.05, 0) is 18.1 Å². The van der Waals surface area contributed by atoms with Gasteiger partial charge >= 0.3 is 35.8 Å². The van der Waals surface area contributed by atoms with Crippen LogP contribution < -0.4 is 0 Å². The van der Waals surface area contributed by atoms with Gasteiger partial charge in [0.05, 0.1) is 19.4 Å². The Balaban J connectivity index is 2.04. The van der Waals surface area contributed by atoms with Gasteiger partial charge in [0.25, 0.3) is 0 Å². The van der Waals surface area contributed by atoms with E-state index in [1.165, 1.54) is 0 Å².